The second kappa shape index (κ2) is 8.39. The topological polar surface area (TPSA) is 49.4 Å². The van der Waals surface area contributed by atoms with Gasteiger partial charge < -0.3 is 10.2 Å². The van der Waals surface area contributed by atoms with Gasteiger partial charge in [-0.2, -0.15) is 13.2 Å². The smallest absolute Gasteiger partial charge is 0.354 e. The molecule has 0 radical (unpaired) electrons. The number of hydrogen-bond acceptors (Lipinski definition) is 2. The lowest BCUT2D eigenvalue weighted by Gasteiger charge is -2.25. The Bertz CT molecular complexity index is 385. The molecule has 0 aromatic heterocycles. The zero-order chi connectivity index (χ0) is 16.8. The third kappa shape index (κ3) is 5.18. The average molecular weight is 322 g/mol. The molecule has 1 heterocycles. The summed E-state index contributed by atoms with van der Waals surface area (Å²) in [6.45, 7) is 4.56. The summed E-state index contributed by atoms with van der Waals surface area (Å²) in [5.74, 6) is -2.05. The molecule has 0 saturated carbocycles. The number of nitrogens with zero attached hydrogens (tertiary/aromatic N) is 1. The zero-order valence-corrected chi connectivity index (χ0v) is 13.2. The molecule has 0 aromatic carbocycles. The summed E-state index contributed by atoms with van der Waals surface area (Å²) in [6, 6.07) is -0.988. The Morgan fingerprint density at radius 3 is 2.55 bits per heavy atom. The maximum absolute atomic E-state index is 12.5. The Kier molecular flexibility index (Phi) is 7.16. The van der Waals surface area contributed by atoms with Crippen LogP contribution >= 0.6 is 0 Å². The molecule has 0 unspecified atom stereocenters. The largest absolute Gasteiger partial charge is 0.471 e. The van der Waals surface area contributed by atoms with Crippen molar-refractivity contribution in [3.63, 3.8) is 0 Å². The van der Waals surface area contributed by atoms with E-state index in [4.69, 9.17) is 0 Å². The van der Waals surface area contributed by atoms with Crippen molar-refractivity contribution in [2.45, 2.75) is 64.6 Å². The lowest BCUT2D eigenvalue weighted by Crippen LogP contribution is -2.50. The van der Waals surface area contributed by atoms with E-state index in [1.165, 1.54) is 0 Å². The fourth-order valence-corrected chi connectivity index (χ4v) is 2.75. The first-order chi connectivity index (χ1) is 10.3. The summed E-state index contributed by atoms with van der Waals surface area (Å²) in [5, 5.41) is 2.72. The van der Waals surface area contributed by atoms with Crippen LogP contribution in [-0.4, -0.2) is 42.0 Å². The predicted octanol–water partition coefficient (Wildman–Crippen LogP) is 2.87. The van der Waals surface area contributed by atoms with E-state index in [-0.39, 0.29) is 6.54 Å². The number of amides is 2. The molecule has 0 aromatic rings. The highest BCUT2D eigenvalue weighted by molar-refractivity contribution is 5.90. The zero-order valence-electron chi connectivity index (χ0n) is 13.2. The molecule has 1 N–H and O–H groups in total. The van der Waals surface area contributed by atoms with Gasteiger partial charge in [0.2, 0.25) is 5.91 Å². The van der Waals surface area contributed by atoms with Crippen molar-refractivity contribution in [2.24, 2.45) is 5.92 Å². The van der Waals surface area contributed by atoms with Gasteiger partial charge in [0.1, 0.15) is 6.04 Å². The number of likely N-dealkylation sites (tertiary alicyclic amines) is 1. The van der Waals surface area contributed by atoms with Crippen molar-refractivity contribution in [2.75, 3.05) is 13.1 Å². The van der Waals surface area contributed by atoms with E-state index < -0.39 is 24.0 Å². The van der Waals surface area contributed by atoms with Gasteiger partial charge in [-0.15, -0.1) is 0 Å². The molecule has 1 fully saturated rings. The maximum Gasteiger partial charge on any atom is 0.471 e. The number of carbonyl (C=O) groups is 2. The molecule has 22 heavy (non-hydrogen) atoms. The van der Waals surface area contributed by atoms with Crippen LogP contribution in [0.5, 0.6) is 0 Å². The average Bonchev–Trinajstić information content (AvgIpc) is 2.94. The van der Waals surface area contributed by atoms with Crippen molar-refractivity contribution in [1.82, 2.24) is 10.2 Å². The van der Waals surface area contributed by atoms with Crippen molar-refractivity contribution >= 4 is 11.8 Å². The van der Waals surface area contributed by atoms with Crippen molar-refractivity contribution < 1.29 is 22.8 Å². The summed E-state index contributed by atoms with van der Waals surface area (Å²) < 4.78 is 37.6. The number of carbonyl (C=O) groups excluding carboxylic acids is 2. The van der Waals surface area contributed by atoms with Gasteiger partial charge in [0.25, 0.3) is 0 Å². The molecule has 2 amide bonds. The summed E-state index contributed by atoms with van der Waals surface area (Å²) in [6.07, 6.45) is -0.168. The lowest BCUT2D eigenvalue weighted by molar-refractivity contribution is -0.186. The van der Waals surface area contributed by atoms with Gasteiger partial charge in [0, 0.05) is 13.1 Å². The van der Waals surface area contributed by atoms with Crippen LogP contribution in [0, 0.1) is 5.92 Å². The van der Waals surface area contributed by atoms with E-state index in [1.54, 1.807) is 0 Å². The van der Waals surface area contributed by atoms with E-state index >= 15 is 0 Å². The highest BCUT2D eigenvalue weighted by Gasteiger charge is 2.47. The number of rotatable bonds is 7. The van der Waals surface area contributed by atoms with Crippen LogP contribution in [0.25, 0.3) is 0 Å². The first-order valence-electron chi connectivity index (χ1n) is 7.96. The first kappa shape index (κ1) is 18.8. The van der Waals surface area contributed by atoms with Crippen LogP contribution < -0.4 is 5.32 Å². The van der Waals surface area contributed by atoms with Gasteiger partial charge in [-0.3, -0.25) is 9.59 Å². The Morgan fingerprint density at radius 2 is 2.00 bits per heavy atom. The third-order valence-electron chi connectivity index (χ3n) is 4.17. The molecule has 1 aliphatic heterocycles. The quantitative estimate of drug-likeness (QED) is 0.783. The second-order valence-electron chi connectivity index (χ2n) is 5.82. The minimum atomic E-state index is -4.92. The van der Waals surface area contributed by atoms with E-state index in [9.17, 15) is 22.8 Å². The maximum atomic E-state index is 12.5. The van der Waals surface area contributed by atoms with Crippen LogP contribution in [0.3, 0.4) is 0 Å². The van der Waals surface area contributed by atoms with Crippen molar-refractivity contribution in [3.8, 4) is 0 Å². The van der Waals surface area contributed by atoms with Gasteiger partial charge in [0.05, 0.1) is 0 Å². The van der Waals surface area contributed by atoms with Gasteiger partial charge in [0.15, 0.2) is 0 Å². The Hall–Kier alpha value is -1.27. The lowest BCUT2D eigenvalue weighted by atomic mass is 9.99. The highest BCUT2D eigenvalue weighted by atomic mass is 19.4. The second-order valence-corrected chi connectivity index (χ2v) is 5.82. The van der Waals surface area contributed by atoms with Crippen molar-refractivity contribution in [3.05, 3.63) is 0 Å². The summed E-state index contributed by atoms with van der Waals surface area (Å²) in [4.78, 5) is 24.1. The molecule has 0 spiro atoms. The minimum Gasteiger partial charge on any atom is -0.354 e. The number of unbranched alkanes of at least 4 members (excludes halogenated alkanes) is 1. The molecule has 0 bridgehead atoms. The van der Waals surface area contributed by atoms with Crippen molar-refractivity contribution in [1.29, 1.82) is 0 Å². The molecule has 128 valence electrons. The normalized spacial score (nSPS) is 20.0. The van der Waals surface area contributed by atoms with Crippen LogP contribution in [0.1, 0.15) is 52.4 Å². The SMILES string of the molecule is CCCC[C@H](CC)CNC(=O)[C@@H]1CCCN1C(=O)C(F)(F)F. The standard InChI is InChI=1S/C15H25F3N2O2/c1-3-5-7-11(4-2)10-19-13(21)12-8-6-9-20(12)14(22)15(16,17)18/h11-12H,3-10H2,1-2H3,(H,19,21)/t11-,12-/m0/s1. The van der Waals surface area contributed by atoms with Gasteiger partial charge >= 0.3 is 12.1 Å². The Morgan fingerprint density at radius 1 is 1.32 bits per heavy atom. The van der Waals surface area contributed by atoms with Crippen LogP contribution in [-0.2, 0) is 9.59 Å². The van der Waals surface area contributed by atoms with E-state index in [0.29, 0.717) is 30.2 Å². The molecule has 1 aliphatic rings. The minimum absolute atomic E-state index is 0.0104. The molecule has 1 saturated heterocycles. The molecule has 4 nitrogen and oxygen atoms in total. The van der Waals surface area contributed by atoms with Crippen LogP contribution in [0.2, 0.25) is 0 Å². The van der Waals surface area contributed by atoms with Crippen LogP contribution in [0.4, 0.5) is 13.2 Å². The van der Waals surface area contributed by atoms with E-state index in [1.807, 2.05) is 6.92 Å². The molecule has 7 heteroatoms. The van der Waals surface area contributed by atoms with E-state index in [0.717, 1.165) is 25.7 Å². The molecular formula is C15H25F3N2O2. The predicted molar refractivity (Wildman–Crippen MR) is 77.1 cm³/mol. The fourth-order valence-electron chi connectivity index (χ4n) is 2.75. The molecule has 0 aliphatic carbocycles. The highest BCUT2D eigenvalue weighted by Crippen LogP contribution is 2.25. The first-order valence-corrected chi connectivity index (χ1v) is 7.96. The van der Waals surface area contributed by atoms with Gasteiger partial charge in [-0.25, -0.2) is 0 Å². The monoisotopic (exact) mass is 322 g/mol. The molecule has 1 rings (SSSR count). The number of halogens is 3. The Balaban J connectivity index is 2.55. The summed E-state index contributed by atoms with van der Waals surface area (Å²) in [5.41, 5.74) is 0. The summed E-state index contributed by atoms with van der Waals surface area (Å²) in [7, 11) is 0. The molecule has 2 atom stereocenters. The fraction of sp³-hybridized carbons (Fsp3) is 0.867. The number of alkyl halides is 3. The Labute approximate surface area is 129 Å². The summed E-state index contributed by atoms with van der Waals surface area (Å²) >= 11 is 0. The third-order valence-corrected chi connectivity index (χ3v) is 4.17. The molecular weight excluding hydrogens is 297 g/mol. The van der Waals surface area contributed by atoms with Crippen LogP contribution in [0.15, 0.2) is 0 Å². The van der Waals surface area contributed by atoms with E-state index in [2.05, 4.69) is 12.2 Å². The number of nitrogens with one attached hydrogen (secondary N) is 1. The van der Waals surface area contributed by atoms with Gasteiger partial charge in [-0.1, -0.05) is 33.1 Å². The van der Waals surface area contributed by atoms with Gasteiger partial charge in [-0.05, 0) is 25.2 Å². The number of hydrogen-bond donors (Lipinski definition) is 1.